The normalized spacial score (nSPS) is 15.0. The van der Waals surface area contributed by atoms with E-state index < -0.39 is 12.0 Å². The van der Waals surface area contributed by atoms with Crippen LogP contribution in [-0.4, -0.2) is 38.5 Å². The standard InChI is InChI=1S/C19H17N3O5/c1-24-17-10-13(6-7-15(17)25-9-8-20)11-21-22-19(23)18-12-26-14-4-2-3-5-16(14)27-18/h2-7,10-11,18H,9,12H2,1H3,(H,22,23)/b21-11+. The summed E-state index contributed by atoms with van der Waals surface area (Å²) in [6, 6.07) is 14.1. The number of hydrogen-bond donors (Lipinski definition) is 1. The number of fused-ring (bicyclic) bond motifs is 1. The summed E-state index contributed by atoms with van der Waals surface area (Å²) in [5.41, 5.74) is 3.11. The molecule has 0 aliphatic carbocycles. The van der Waals surface area contributed by atoms with Crippen LogP contribution in [0.15, 0.2) is 47.6 Å². The first-order chi connectivity index (χ1) is 13.2. The lowest BCUT2D eigenvalue weighted by molar-refractivity contribution is -0.130. The van der Waals surface area contributed by atoms with E-state index in [2.05, 4.69) is 10.5 Å². The van der Waals surface area contributed by atoms with Crippen LogP contribution in [0.4, 0.5) is 0 Å². The number of carbonyl (C=O) groups excluding carboxylic acids is 1. The molecule has 1 unspecified atom stereocenters. The molecule has 0 fully saturated rings. The second-order valence-corrected chi connectivity index (χ2v) is 5.46. The molecule has 0 bridgehead atoms. The van der Waals surface area contributed by atoms with E-state index in [1.54, 1.807) is 36.4 Å². The fraction of sp³-hybridized carbons (Fsp3) is 0.211. The zero-order valence-corrected chi connectivity index (χ0v) is 14.5. The third-order valence-electron chi connectivity index (χ3n) is 3.67. The van der Waals surface area contributed by atoms with Gasteiger partial charge in [-0.2, -0.15) is 10.4 Å². The molecule has 138 valence electrons. The van der Waals surface area contributed by atoms with Gasteiger partial charge in [-0.05, 0) is 35.9 Å². The van der Waals surface area contributed by atoms with Crippen molar-refractivity contribution in [2.24, 2.45) is 5.10 Å². The van der Waals surface area contributed by atoms with E-state index in [-0.39, 0.29) is 13.2 Å². The lowest BCUT2D eigenvalue weighted by atomic mass is 10.2. The lowest BCUT2D eigenvalue weighted by Gasteiger charge is -2.24. The molecule has 1 atom stereocenters. The molecule has 1 aliphatic rings. The Morgan fingerprint density at radius 2 is 2.15 bits per heavy atom. The third kappa shape index (κ3) is 4.46. The fourth-order valence-electron chi connectivity index (χ4n) is 2.38. The Morgan fingerprint density at radius 3 is 2.93 bits per heavy atom. The molecular formula is C19H17N3O5. The maximum absolute atomic E-state index is 12.2. The average molecular weight is 367 g/mol. The molecule has 2 aromatic rings. The second kappa shape index (κ2) is 8.58. The van der Waals surface area contributed by atoms with Crippen LogP contribution in [0.5, 0.6) is 23.0 Å². The summed E-state index contributed by atoms with van der Waals surface area (Å²) >= 11 is 0. The van der Waals surface area contributed by atoms with Crippen molar-refractivity contribution in [1.82, 2.24) is 5.43 Å². The van der Waals surface area contributed by atoms with Gasteiger partial charge in [0.1, 0.15) is 12.7 Å². The number of hydrogen-bond acceptors (Lipinski definition) is 7. The Kier molecular flexibility index (Phi) is 5.74. The Balaban J connectivity index is 1.59. The van der Waals surface area contributed by atoms with Crippen LogP contribution >= 0.6 is 0 Å². The molecule has 1 N–H and O–H groups in total. The highest BCUT2D eigenvalue weighted by Gasteiger charge is 2.26. The highest BCUT2D eigenvalue weighted by atomic mass is 16.6. The molecule has 0 saturated heterocycles. The van der Waals surface area contributed by atoms with E-state index in [0.717, 1.165) is 0 Å². The number of ether oxygens (including phenoxy) is 4. The highest BCUT2D eigenvalue weighted by molar-refractivity contribution is 5.85. The minimum absolute atomic E-state index is 0.0769. The molecule has 0 radical (unpaired) electrons. The minimum Gasteiger partial charge on any atom is -0.493 e. The van der Waals surface area contributed by atoms with Crippen LogP contribution in [0.3, 0.4) is 0 Å². The zero-order valence-electron chi connectivity index (χ0n) is 14.5. The smallest absolute Gasteiger partial charge is 0.284 e. The van der Waals surface area contributed by atoms with Gasteiger partial charge in [0.15, 0.2) is 29.6 Å². The number of amides is 1. The first-order valence-corrected chi connectivity index (χ1v) is 8.10. The van der Waals surface area contributed by atoms with Crippen molar-refractivity contribution >= 4 is 12.1 Å². The molecule has 27 heavy (non-hydrogen) atoms. The molecule has 2 aromatic carbocycles. The molecule has 0 spiro atoms. The number of nitrogens with zero attached hydrogens (tertiary/aromatic N) is 2. The van der Waals surface area contributed by atoms with Gasteiger partial charge in [-0.15, -0.1) is 0 Å². The molecule has 0 saturated carbocycles. The van der Waals surface area contributed by atoms with Gasteiger partial charge >= 0.3 is 0 Å². The summed E-state index contributed by atoms with van der Waals surface area (Å²) in [5, 5.41) is 12.5. The predicted octanol–water partition coefficient (Wildman–Crippen LogP) is 1.89. The number of nitriles is 1. The number of nitrogens with one attached hydrogen (secondary N) is 1. The van der Waals surface area contributed by atoms with Crippen molar-refractivity contribution in [3.8, 4) is 29.1 Å². The average Bonchev–Trinajstić information content (AvgIpc) is 2.72. The molecule has 0 aromatic heterocycles. The minimum atomic E-state index is -0.784. The van der Waals surface area contributed by atoms with Crippen molar-refractivity contribution < 1.29 is 23.7 Å². The summed E-state index contributed by atoms with van der Waals surface area (Å²) in [6.07, 6.45) is 0.680. The van der Waals surface area contributed by atoms with Crippen molar-refractivity contribution in [3.63, 3.8) is 0 Å². The Bertz CT molecular complexity index is 891. The quantitative estimate of drug-likeness (QED) is 0.618. The summed E-state index contributed by atoms with van der Waals surface area (Å²) in [7, 11) is 1.50. The first kappa shape index (κ1) is 18.1. The van der Waals surface area contributed by atoms with E-state index in [4.69, 9.17) is 24.2 Å². The maximum atomic E-state index is 12.2. The van der Waals surface area contributed by atoms with Gasteiger partial charge in [0.05, 0.1) is 13.3 Å². The molecular weight excluding hydrogens is 350 g/mol. The molecule has 8 heteroatoms. The zero-order chi connectivity index (χ0) is 19.1. The lowest BCUT2D eigenvalue weighted by Crippen LogP contribution is -2.42. The van der Waals surface area contributed by atoms with Gasteiger partial charge in [0.25, 0.3) is 5.91 Å². The van der Waals surface area contributed by atoms with Crippen LogP contribution in [0.25, 0.3) is 0 Å². The summed E-state index contributed by atoms with van der Waals surface area (Å²) < 4.78 is 21.6. The van der Waals surface area contributed by atoms with E-state index >= 15 is 0 Å². The number of carbonyl (C=O) groups is 1. The van der Waals surface area contributed by atoms with E-state index in [9.17, 15) is 4.79 Å². The van der Waals surface area contributed by atoms with Crippen molar-refractivity contribution in [2.75, 3.05) is 20.3 Å². The Morgan fingerprint density at radius 1 is 1.33 bits per heavy atom. The Hall–Kier alpha value is -3.73. The first-order valence-electron chi connectivity index (χ1n) is 8.10. The van der Waals surface area contributed by atoms with E-state index in [1.807, 2.05) is 12.1 Å². The van der Waals surface area contributed by atoms with Crippen LogP contribution < -0.4 is 24.4 Å². The van der Waals surface area contributed by atoms with Crippen LogP contribution in [0, 0.1) is 11.3 Å². The van der Waals surface area contributed by atoms with Crippen LogP contribution in [0.1, 0.15) is 5.56 Å². The molecule has 1 amide bonds. The van der Waals surface area contributed by atoms with Crippen molar-refractivity contribution in [2.45, 2.75) is 6.10 Å². The number of hydrazone groups is 1. The van der Waals surface area contributed by atoms with Crippen molar-refractivity contribution in [3.05, 3.63) is 48.0 Å². The summed E-state index contributed by atoms with van der Waals surface area (Å²) in [6.45, 7) is 0.0313. The third-order valence-corrected chi connectivity index (χ3v) is 3.67. The van der Waals surface area contributed by atoms with E-state index in [0.29, 0.717) is 28.6 Å². The van der Waals surface area contributed by atoms with Gasteiger partial charge in [-0.25, -0.2) is 5.43 Å². The van der Waals surface area contributed by atoms with Gasteiger partial charge < -0.3 is 18.9 Å². The highest BCUT2D eigenvalue weighted by Crippen LogP contribution is 2.31. The SMILES string of the molecule is COc1cc(/C=N/NC(=O)C2COc3ccccc3O2)ccc1OCC#N. The molecule has 3 rings (SSSR count). The number of para-hydroxylation sites is 2. The Labute approximate surface area is 155 Å². The summed E-state index contributed by atoms with van der Waals surface area (Å²) in [5.74, 6) is 1.62. The molecule has 8 nitrogen and oxygen atoms in total. The maximum Gasteiger partial charge on any atom is 0.284 e. The second-order valence-electron chi connectivity index (χ2n) is 5.46. The number of rotatable bonds is 6. The van der Waals surface area contributed by atoms with Crippen LogP contribution in [0.2, 0.25) is 0 Å². The fourth-order valence-corrected chi connectivity index (χ4v) is 2.38. The van der Waals surface area contributed by atoms with Gasteiger partial charge in [-0.3, -0.25) is 4.79 Å². The van der Waals surface area contributed by atoms with Crippen molar-refractivity contribution in [1.29, 1.82) is 5.26 Å². The van der Waals surface area contributed by atoms with Gasteiger partial charge in [0.2, 0.25) is 6.10 Å². The van der Waals surface area contributed by atoms with Crippen LogP contribution in [-0.2, 0) is 4.79 Å². The number of benzene rings is 2. The largest absolute Gasteiger partial charge is 0.493 e. The monoisotopic (exact) mass is 367 g/mol. The summed E-state index contributed by atoms with van der Waals surface area (Å²) in [4.78, 5) is 12.2. The van der Waals surface area contributed by atoms with Gasteiger partial charge in [-0.1, -0.05) is 12.1 Å². The van der Waals surface area contributed by atoms with E-state index in [1.165, 1.54) is 13.3 Å². The number of methoxy groups -OCH3 is 1. The topological polar surface area (TPSA) is 102 Å². The molecule has 1 heterocycles. The molecule has 1 aliphatic heterocycles. The van der Waals surface area contributed by atoms with Gasteiger partial charge in [0, 0.05) is 0 Å². The predicted molar refractivity (Wildman–Crippen MR) is 96.2 cm³/mol.